The summed E-state index contributed by atoms with van der Waals surface area (Å²) in [7, 11) is 0. The van der Waals surface area contributed by atoms with Gasteiger partial charge in [0, 0.05) is 13.0 Å². The first-order valence-corrected chi connectivity index (χ1v) is 6.38. The highest BCUT2D eigenvalue weighted by Gasteiger charge is 2.12. The Hall–Kier alpha value is -1.35. The Morgan fingerprint density at radius 1 is 1.29 bits per heavy atom. The van der Waals surface area contributed by atoms with Crippen LogP contribution in [-0.2, 0) is 13.0 Å². The van der Waals surface area contributed by atoms with E-state index in [1.165, 1.54) is 0 Å². The van der Waals surface area contributed by atoms with Crippen molar-refractivity contribution >= 4 is 11.0 Å². The van der Waals surface area contributed by atoms with E-state index in [1.54, 1.807) is 0 Å². The van der Waals surface area contributed by atoms with Crippen LogP contribution in [0.25, 0.3) is 11.0 Å². The molecule has 17 heavy (non-hydrogen) atoms. The van der Waals surface area contributed by atoms with Gasteiger partial charge in [-0.05, 0) is 25.5 Å². The molecule has 2 aromatic rings. The predicted molar refractivity (Wildman–Crippen MR) is 70.0 cm³/mol. The maximum absolute atomic E-state index is 9.89. The largest absolute Gasteiger partial charge is 0.393 e. The molecule has 1 heterocycles. The van der Waals surface area contributed by atoms with Gasteiger partial charge in [0.15, 0.2) is 0 Å². The lowest BCUT2D eigenvalue weighted by Gasteiger charge is -2.10. The molecule has 0 bridgehead atoms. The number of hydrogen-bond acceptors (Lipinski definition) is 2. The summed E-state index contributed by atoms with van der Waals surface area (Å²) in [5.41, 5.74) is 2.18. The minimum absolute atomic E-state index is 0.276. The van der Waals surface area contributed by atoms with Gasteiger partial charge in [0.1, 0.15) is 5.82 Å². The Balaban J connectivity index is 2.33. The van der Waals surface area contributed by atoms with Crippen molar-refractivity contribution in [3.8, 4) is 0 Å². The van der Waals surface area contributed by atoms with Crippen molar-refractivity contribution in [2.75, 3.05) is 0 Å². The maximum Gasteiger partial charge on any atom is 0.112 e. The van der Waals surface area contributed by atoms with Crippen molar-refractivity contribution in [3.05, 3.63) is 30.1 Å². The number of rotatable bonds is 5. The number of benzene rings is 1. The zero-order valence-electron chi connectivity index (χ0n) is 10.6. The minimum Gasteiger partial charge on any atom is -0.393 e. The van der Waals surface area contributed by atoms with Gasteiger partial charge in [-0.15, -0.1) is 0 Å². The average molecular weight is 232 g/mol. The van der Waals surface area contributed by atoms with Gasteiger partial charge >= 0.3 is 0 Å². The minimum atomic E-state index is -0.276. The number of aromatic nitrogens is 2. The molecule has 0 radical (unpaired) electrons. The number of hydrogen-bond donors (Lipinski definition) is 1. The second-order valence-electron chi connectivity index (χ2n) is 4.41. The number of aryl methyl sites for hydroxylation is 1. The molecule has 0 aliphatic carbocycles. The highest BCUT2D eigenvalue weighted by Crippen LogP contribution is 2.17. The van der Waals surface area contributed by atoms with Gasteiger partial charge in [0.2, 0.25) is 0 Å². The summed E-state index contributed by atoms with van der Waals surface area (Å²) >= 11 is 0. The van der Waals surface area contributed by atoms with E-state index in [4.69, 9.17) is 0 Å². The molecule has 3 heteroatoms. The van der Waals surface area contributed by atoms with Crippen LogP contribution in [0.1, 0.15) is 32.5 Å². The fraction of sp³-hybridized carbons (Fsp3) is 0.500. The number of imidazole rings is 1. The third-order valence-electron chi connectivity index (χ3n) is 3.09. The molecule has 2 rings (SSSR count). The topological polar surface area (TPSA) is 38.1 Å². The quantitative estimate of drug-likeness (QED) is 0.860. The molecule has 1 aromatic carbocycles. The monoisotopic (exact) mass is 232 g/mol. The first-order chi connectivity index (χ1) is 8.26. The van der Waals surface area contributed by atoms with Crippen molar-refractivity contribution in [3.63, 3.8) is 0 Å². The van der Waals surface area contributed by atoms with E-state index in [9.17, 15) is 5.11 Å². The molecule has 0 aliphatic heterocycles. The Morgan fingerprint density at radius 2 is 2.06 bits per heavy atom. The molecule has 92 valence electrons. The summed E-state index contributed by atoms with van der Waals surface area (Å²) in [6.07, 6.45) is 2.22. The highest BCUT2D eigenvalue weighted by molar-refractivity contribution is 5.75. The third kappa shape index (κ3) is 2.50. The molecule has 1 unspecified atom stereocenters. The number of aliphatic hydroxyl groups is 1. The first kappa shape index (κ1) is 12.1. The molecule has 0 saturated heterocycles. The zero-order valence-corrected chi connectivity index (χ0v) is 10.6. The van der Waals surface area contributed by atoms with Crippen LogP contribution in [0.3, 0.4) is 0 Å². The summed E-state index contributed by atoms with van der Waals surface area (Å²) in [5, 5.41) is 9.89. The van der Waals surface area contributed by atoms with Crippen LogP contribution in [0.15, 0.2) is 24.3 Å². The van der Waals surface area contributed by atoms with Gasteiger partial charge in [-0.3, -0.25) is 0 Å². The lowest BCUT2D eigenvalue weighted by Crippen LogP contribution is -2.14. The summed E-state index contributed by atoms with van der Waals surface area (Å²) in [4.78, 5) is 4.61. The van der Waals surface area contributed by atoms with Crippen LogP contribution >= 0.6 is 0 Å². The molecule has 0 spiro atoms. The molecule has 0 amide bonds. The molecule has 1 aromatic heterocycles. The Bertz CT molecular complexity index is 490. The Labute approximate surface area is 102 Å². The van der Waals surface area contributed by atoms with E-state index < -0.39 is 0 Å². The van der Waals surface area contributed by atoms with E-state index in [1.807, 2.05) is 18.2 Å². The summed E-state index contributed by atoms with van der Waals surface area (Å²) in [5.74, 6) is 0.995. The Morgan fingerprint density at radius 3 is 2.76 bits per heavy atom. The molecule has 1 N–H and O–H groups in total. The van der Waals surface area contributed by atoms with Crippen molar-refractivity contribution in [1.29, 1.82) is 0 Å². The van der Waals surface area contributed by atoms with Gasteiger partial charge < -0.3 is 9.67 Å². The van der Waals surface area contributed by atoms with Crippen LogP contribution < -0.4 is 0 Å². The van der Waals surface area contributed by atoms with Crippen molar-refractivity contribution < 1.29 is 5.11 Å². The van der Waals surface area contributed by atoms with Gasteiger partial charge in [-0.25, -0.2) is 4.98 Å². The smallest absolute Gasteiger partial charge is 0.112 e. The molecule has 0 saturated carbocycles. The first-order valence-electron chi connectivity index (χ1n) is 6.38. The molecule has 1 atom stereocenters. The molecular weight excluding hydrogens is 212 g/mol. The van der Waals surface area contributed by atoms with Crippen LogP contribution in [0.2, 0.25) is 0 Å². The highest BCUT2D eigenvalue weighted by atomic mass is 16.3. The third-order valence-corrected chi connectivity index (χ3v) is 3.09. The molecule has 0 fully saturated rings. The fourth-order valence-corrected chi connectivity index (χ4v) is 2.28. The molecule has 3 nitrogen and oxygen atoms in total. The maximum atomic E-state index is 9.89. The van der Waals surface area contributed by atoms with E-state index in [0.717, 1.165) is 36.2 Å². The number of para-hydroxylation sites is 2. The van der Waals surface area contributed by atoms with E-state index in [2.05, 4.69) is 29.5 Å². The number of nitrogens with zero attached hydrogens (tertiary/aromatic N) is 2. The van der Waals surface area contributed by atoms with Gasteiger partial charge in [0.05, 0.1) is 17.1 Å². The van der Waals surface area contributed by atoms with E-state index >= 15 is 0 Å². The summed E-state index contributed by atoms with van der Waals surface area (Å²) in [6, 6.07) is 8.14. The molecular formula is C14H20N2O. The van der Waals surface area contributed by atoms with Gasteiger partial charge in [0.25, 0.3) is 0 Å². The standard InChI is InChI=1S/C14H20N2O/c1-3-7-11(17)10-14-15-12-8-5-6-9-13(12)16(14)4-2/h5-6,8-9,11,17H,3-4,7,10H2,1-2H3. The summed E-state index contributed by atoms with van der Waals surface area (Å²) in [6.45, 7) is 5.10. The lowest BCUT2D eigenvalue weighted by molar-refractivity contribution is 0.160. The summed E-state index contributed by atoms with van der Waals surface area (Å²) < 4.78 is 2.19. The van der Waals surface area contributed by atoms with Crippen LogP contribution in [-0.4, -0.2) is 20.8 Å². The normalized spacial score (nSPS) is 13.1. The lowest BCUT2D eigenvalue weighted by atomic mass is 10.1. The van der Waals surface area contributed by atoms with Gasteiger partial charge in [-0.2, -0.15) is 0 Å². The van der Waals surface area contributed by atoms with Crippen molar-refractivity contribution in [2.45, 2.75) is 45.8 Å². The van der Waals surface area contributed by atoms with Crippen LogP contribution in [0, 0.1) is 0 Å². The van der Waals surface area contributed by atoms with Gasteiger partial charge in [-0.1, -0.05) is 25.5 Å². The zero-order chi connectivity index (χ0) is 12.3. The average Bonchev–Trinajstić information content (AvgIpc) is 2.66. The SMILES string of the molecule is CCCC(O)Cc1nc2ccccc2n1CC. The fourth-order valence-electron chi connectivity index (χ4n) is 2.28. The van der Waals surface area contributed by atoms with Crippen molar-refractivity contribution in [1.82, 2.24) is 9.55 Å². The second-order valence-corrected chi connectivity index (χ2v) is 4.41. The van der Waals surface area contributed by atoms with Crippen LogP contribution in [0.5, 0.6) is 0 Å². The Kier molecular flexibility index (Phi) is 3.79. The van der Waals surface area contributed by atoms with E-state index in [0.29, 0.717) is 6.42 Å². The predicted octanol–water partition coefficient (Wildman–Crippen LogP) is 2.76. The number of aliphatic hydroxyl groups excluding tert-OH is 1. The number of fused-ring (bicyclic) bond motifs is 1. The van der Waals surface area contributed by atoms with Crippen LogP contribution in [0.4, 0.5) is 0 Å². The molecule has 0 aliphatic rings. The van der Waals surface area contributed by atoms with E-state index in [-0.39, 0.29) is 6.10 Å². The van der Waals surface area contributed by atoms with Crippen molar-refractivity contribution in [2.24, 2.45) is 0 Å². The second kappa shape index (κ2) is 5.32.